The quantitative estimate of drug-likeness (QED) is 0.232. The van der Waals surface area contributed by atoms with E-state index in [0.29, 0.717) is 45.8 Å². The minimum absolute atomic E-state index is 0.0214. The van der Waals surface area contributed by atoms with Gasteiger partial charge in [0.25, 0.3) is 5.91 Å². The number of carbonyl (C=O) groups is 1. The Balaban J connectivity index is 1.63. The summed E-state index contributed by atoms with van der Waals surface area (Å²) in [4.78, 5) is 18.2. The number of fused-ring (bicyclic) bond motifs is 1. The number of sulfone groups is 1. The van der Waals surface area contributed by atoms with Crippen LogP contribution >= 0.6 is 11.3 Å². The molecule has 0 aliphatic carbocycles. The molecule has 0 saturated heterocycles. The van der Waals surface area contributed by atoms with Crippen LogP contribution in [0.4, 0.5) is 5.13 Å². The number of nitrogens with zero attached hydrogens (tertiary/aromatic N) is 1. The van der Waals surface area contributed by atoms with Gasteiger partial charge in [0, 0.05) is 17.7 Å². The maximum absolute atomic E-state index is 13.5. The first-order valence-electron chi connectivity index (χ1n) is 12.3. The second kappa shape index (κ2) is 12.4. The summed E-state index contributed by atoms with van der Waals surface area (Å²) in [7, 11) is -0.299. The smallest absolute Gasteiger partial charge is 0.271 e. The van der Waals surface area contributed by atoms with Crippen molar-refractivity contribution in [3.8, 4) is 23.0 Å². The first kappa shape index (κ1) is 28.2. The van der Waals surface area contributed by atoms with Crippen LogP contribution in [-0.2, 0) is 14.6 Å². The Kier molecular flexibility index (Phi) is 8.93. The first-order valence-corrected chi connectivity index (χ1v) is 14.8. The summed E-state index contributed by atoms with van der Waals surface area (Å²) in [5.41, 5.74) is 1.13. The molecular formula is C28H30N2O7S2. The normalized spacial score (nSPS) is 12.1. The number of amides is 1. The zero-order valence-electron chi connectivity index (χ0n) is 22.1. The van der Waals surface area contributed by atoms with Crippen LogP contribution in [0.25, 0.3) is 10.2 Å². The maximum atomic E-state index is 13.5. The standard InChI is InChI=1S/C28H30N2O7S2/c1-5-15-36-19-9-11-20(12-10-19)37-26(18-7-13-21(14-8-18)39(32,33)6-2)27(31)30-28-29-22-16-23(34-3)24(35-4)17-25(22)38-28/h7-14,16-17,26H,5-6,15H2,1-4H3,(H,29,30,31). The molecule has 1 heterocycles. The molecule has 1 unspecified atom stereocenters. The molecule has 0 radical (unpaired) electrons. The van der Waals surface area contributed by atoms with Gasteiger partial charge in [-0.15, -0.1) is 0 Å². The van der Waals surface area contributed by atoms with E-state index >= 15 is 0 Å². The van der Waals surface area contributed by atoms with Crippen LogP contribution < -0.4 is 24.3 Å². The monoisotopic (exact) mass is 570 g/mol. The van der Waals surface area contributed by atoms with E-state index in [4.69, 9.17) is 18.9 Å². The van der Waals surface area contributed by atoms with Crippen molar-refractivity contribution in [1.82, 2.24) is 4.98 Å². The molecule has 206 valence electrons. The lowest BCUT2D eigenvalue weighted by Crippen LogP contribution is -2.25. The molecule has 0 aliphatic heterocycles. The fourth-order valence-corrected chi connectivity index (χ4v) is 5.50. The molecule has 3 aromatic carbocycles. The van der Waals surface area contributed by atoms with E-state index in [2.05, 4.69) is 10.3 Å². The Hall–Kier alpha value is -3.83. The molecule has 4 aromatic rings. The molecule has 39 heavy (non-hydrogen) atoms. The van der Waals surface area contributed by atoms with Crippen LogP contribution in [-0.4, -0.2) is 45.9 Å². The lowest BCUT2D eigenvalue weighted by molar-refractivity contribution is -0.123. The molecule has 0 fully saturated rings. The molecule has 11 heteroatoms. The number of ether oxygens (including phenoxy) is 4. The average molecular weight is 571 g/mol. The Morgan fingerprint density at radius 1 is 0.949 bits per heavy atom. The summed E-state index contributed by atoms with van der Waals surface area (Å²) in [6.07, 6.45) is -0.197. The summed E-state index contributed by atoms with van der Waals surface area (Å²) in [6.45, 7) is 4.20. The number of carbonyl (C=O) groups excluding carboxylic acids is 1. The number of aromatic nitrogens is 1. The van der Waals surface area contributed by atoms with E-state index in [9.17, 15) is 13.2 Å². The Bertz CT molecular complexity index is 1490. The Labute approximate surface area is 231 Å². The Morgan fingerprint density at radius 3 is 2.21 bits per heavy atom. The van der Waals surface area contributed by atoms with Gasteiger partial charge in [0.05, 0.1) is 41.7 Å². The molecule has 1 aromatic heterocycles. The number of thiazole rings is 1. The van der Waals surface area contributed by atoms with Crippen LogP contribution in [0, 0.1) is 0 Å². The second-order valence-electron chi connectivity index (χ2n) is 8.47. The highest BCUT2D eigenvalue weighted by molar-refractivity contribution is 7.91. The number of hydrogen-bond acceptors (Lipinski definition) is 9. The third-order valence-corrected chi connectivity index (χ3v) is 8.52. The molecular weight excluding hydrogens is 540 g/mol. The van der Waals surface area contributed by atoms with Crippen LogP contribution in [0.5, 0.6) is 23.0 Å². The predicted octanol–water partition coefficient (Wildman–Crippen LogP) is 5.65. The van der Waals surface area contributed by atoms with Crippen molar-refractivity contribution in [3.05, 3.63) is 66.2 Å². The van der Waals surface area contributed by atoms with Crippen LogP contribution in [0.15, 0.2) is 65.6 Å². The van der Waals surface area contributed by atoms with Crippen molar-refractivity contribution in [3.63, 3.8) is 0 Å². The topological polar surface area (TPSA) is 113 Å². The zero-order valence-corrected chi connectivity index (χ0v) is 23.7. The van der Waals surface area contributed by atoms with Gasteiger partial charge in [0.15, 0.2) is 26.5 Å². The highest BCUT2D eigenvalue weighted by Gasteiger charge is 2.25. The molecule has 1 N–H and O–H groups in total. The lowest BCUT2D eigenvalue weighted by Gasteiger charge is -2.19. The lowest BCUT2D eigenvalue weighted by atomic mass is 10.1. The first-order chi connectivity index (χ1) is 18.8. The SMILES string of the molecule is CCCOc1ccc(OC(C(=O)Nc2nc3cc(OC)c(OC)cc3s2)c2ccc(S(=O)(=O)CC)cc2)cc1. The highest BCUT2D eigenvalue weighted by Crippen LogP contribution is 2.36. The number of benzene rings is 3. The van der Waals surface area contributed by atoms with Crippen LogP contribution in [0.2, 0.25) is 0 Å². The van der Waals surface area contributed by atoms with Gasteiger partial charge in [-0.1, -0.05) is 37.3 Å². The van der Waals surface area contributed by atoms with Gasteiger partial charge in [-0.2, -0.15) is 0 Å². The van der Waals surface area contributed by atoms with Crippen LogP contribution in [0.1, 0.15) is 31.9 Å². The molecule has 0 bridgehead atoms. The van der Waals surface area contributed by atoms with Gasteiger partial charge < -0.3 is 18.9 Å². The zero-order chi connectivity index (χ0) is 28.0. The summed E-state index contributed by atoms with van der Waals surface area (Å²) >= 11 is 1.28. The number of hydrogen-bond donors (Lipinski definition) is 1. The highest BCUT2D eigenvalue weighted by atomic mass is 32.2. The third-order valence-electron chi connectivity index (χ3n) is 5.83. The molecule has 1 amide bonds. The molecule has 9 nitrogen and oxygen atoms in total. The third kappa shape index (κ3) is 6.61. The minimum atomic E-state index is -3.39. The fourth-order valence-electron chi connectivity index (χ4n) is 3.74. The van der Waals surface area contributed by atoms with Crippen molar-refractivity contribution in [2.24, 2.45) is 0 Å². The van der Waals surface area contributed by atoms with Gasteiger partial charge in [0.2, 0.25) is 6.10 Å². The second-order valence-corrected chi connectivity index (χ2v) is 11.8. The number of methoxy groups -OCH3 is 2. The molecule has 0 saturated carbocycles. The fraction of sp³-hybridized carbons (Fsp3) is 0.286. The number of anilines is 1. The maximum Gasteiger partial charge on any atom is 0.271 e. The van der Waals surface area contributed by atoms with Crippen molar-refractivity contribution < 1.29 is 32.2 Å². The van der Waals surface area contributed by atoms with Crippen LogP contribution in [0.3, 0.4) is 0 Å². The summed E-state index contributed by atoms with van der Waals surface area (Å²) < 4.78 is 47.8. The van der Waals surface area contributed by atoms with Crippen molar-refractivity contribution in [2.45, 2.75) is 31.3 Å². The van der Waals surface area contributed by atoms with Gasteiger partial charge in [-0.05, 0) is 42.8 Å². The van der Waals surface area contributed by atoms with Crippen molar-refractivity contribution >= 4 is 42.4 Å². The van der Waals surface area contributed by atoms with E-state index in [0.717, 1.165) is 11.1 Å². The Morgan fingerprint density at radius 2 is 1.59 bits per heavy atom. The summed E-state index contributed by atoms with van der Waals surface area (Å²) in [5.74, 6) is 1.74. The van der Waals surface area contributed by atoms with E-state index in [1.165, 1.54) is 23.5 Å². The predicted molar refractivity (Wildman–Crippen MR) is 151 cm³/mol. The summed E-state index contributed by atoms with van der Waals surface area (Å²) in [5, 5.41) is 3.21. The molecule has 1 atom stereocenters. The average Bonchev–Trinajstić information content (AvgIpc) is 3.35. The molecule has 0 aliphatic rings. The van der Waals surface area contributed by atoms with E-state index in [-0.39, 0.29) is 10.6 Å². The molecule has 4 rings (SSSR count). The largest absolute Gasteiger partial charge is 0.494 e. The van der Waals surface area contributed by atoms with E-state index < -0.39 is 21.8 Å². The van der Waals surface area contributed by atoms with Gasteiger partial charge in [-0.25, -0.2) is 13.4 Å². The van der Waals surface area contributed by atoms with Gasteiger partial charge in [-0.3, -0.25) is 10.1 Å². The van der Waals surface area contributed by atoms with Crippen molar-refractivity contribution in [2.75, 3.05) is 31.9 Å². The number of nitrogens with one attached hydrogen (secondary N) is 1. The summed E-state index contributed by atoms with van der Waals surface area (Å²) in [6, 6.07) is 16.6. The van der Waals surface area contributed by atoms with Gasteiger partial charge in [0.1, 0.15) is 11.5 Å². The number of rotatable bonds is 12. The molecule has 0 spiro atoms. The minimum Gasteiger partial charge on any atom is -0.494 e. The van der Waals surface area contributed by atoms with Crippen molar-refractivity contribution in [1.29, 1.82) is 0 Å². The van der Waals surface area contributed by atoms with Gasteiger partial charge >= 0.3 is 0 Å². The van der Waals surface area contributed by atoms with E-state index in [1.807, 2.05) is 6.92 Å². The van der Waals surface area contributed by atoms with E-state index in [1.54, 1.807) is 69.7 Å².